The zero-order valence-electron chi connectivity index (χ0n) is 16.2. The second kappa shape index (κ2) is 7.57. The van der Waals surface area contributed by atoms with Crippen molar-refractivity contribution in [3.63, 3.8) is 0 Å². The Hall–Kier alpha value is -2.78. The quantitative estimate of drug-likeness (QED) is 0.602. The third-order valence-electron chi connectivity index (χ3n) is 5.93. The topological polar surface area (TPSA) is 69.9 Å². The summed E-state index contributed by atoms with van der Waals surface area (Å²) in [5.41, 5.74) is 3.71. The minimum Gasteiger partial charge on any atom is -0.338 e. The van der Waals surface area contributed by atoms with E-state index in [0.717, 1.165) is 54.0 Å². The van der Waals surface area contributed by atoms with Crippen molar-refractivity contribution in [2.45, 2.75) is 50.5 Å². The molecule has 29 heavy (non-hydrogen) atoms. The molecule has 3 heterocycles. The number of pyridine rings is 1. The van der Waals surface area contributed by atoms with Crippen LogP contribution in [0.25, 0.3) is 10.3 Å². The molecule has 1 aliphatic heterocycles. The Morgan fingerprint density at radius 2 is 2.07 bits per heavy atom. The van der Waals surface area contributed by atoms with Crippen molar-refractivity contribution in [2.24, 2.45) is 0 Å². The monoisotopic (exact) mass is 402 g/mol. The van der Waals surface area contributed by atoms with Crippen LogP contribution in [0.4, 0.5) is 5.13 Å². The summed E-state index contributed by atoms with van der Waals surface area (Å²) in [4.78, 5) is 24.3. The summed E-state index contributed by atoms with van der Waals surface area (Å²) in [6, 6.07) is 12.4. The number of carbonyl (C=O) groups is 1. The Morgan fingerprint density at radius 3 is 2.83 bits per heavy atom. The number of fused-ring (bicyclic) bond motifs is 1. The lowest BCUT2D eigenvalue weighted by Gasteiger charge is -2.22. The maximum atomic E-state index is 13.0. The number of hydrogen-bond acceptors (Lipinski definition) is 6. The van der Waals surface area contributed by atoms with E-state index in [4.69, 9.17) is 4.98 Å². The standard InChI is InChI=1S/C23H22N4OS/c24-13-17-14-25-22-21(20(17)16-9-10-16)29-23(26-22)27-12-4-7-18(27)19(28)11-8-15-5-2-1-3-6-15/h1-3,5-6,14,16,18H,4,7-12H2/t18-/m1/s1. The van der Waals surface area contributed by atoms with Gasteiger partial charge in [0, 0.05) is 19.2 Å². The van der Waals surface area contributed by atoms with Crippen LogP contribution in [-0.2, 0) is 11.2 Å². The molecule has 0 amide bonds. The minimum absolute atomic E-state index is 0.0981. The van der Waals surface area contributed by atoms with Crippen LogP contribution in [0.2, 0.25) is 0 Å². The molecular formula is C23H22N4OS. The number of hydrogen-bond donors (Lipinski definition) is 0. The zero-order chi connectivity index (χ0) is 19.8. The molecule has 1 atom stereocenters. The molecule has 1 aromatic carbocycles. The molecule has 1 saturated carbocycles. The Labute approximate surface area is 174 Å². The number of anilines is 1. The SMILES string of the molecule is N#Cc1cnc2nc(N3CCC[C@@H]3C(=O)CCc3ccccc3)sc2c1C1CC1. The van der Waals surface area contributed by atoms with Crippen molar-refractivity contribution in [3.05, 3.63) is 53.2 Å². The third-order valence-corrected chi connectivity index (χ3v) is 7.04. The van der Waals surface area contributed by atoms with Gasteiger partial charge in [-0.25, -0.2) is 4.98 Å². The first kappa shape index (κ1) is 18.3. The van der Waals surface area contributed by atoms with Crippen LogP contribution in [0.3, 0.4) is 0 Å². The average Bonchev–Trinajstić information content (AvgIpc) is 3.30. The van der Waals surface area contributed by atoms with E-state index in [0.29, 0.717) is 29.3 Å². The molecule has 2 fully saturated rings. The summed E-state index contributed by atoms with van der Waals surface area (Å²) in [6.07, 6.45) is 7.14. The van der Waals surface area contributed by atoms with Crippen LogP contribution in [0.15, 0.2) is 36.5 Å². The molecule has 1 aliphatic carbocycles. The third kappa shape index (κ3) is 3.51. The molecule has 5 nitrogen and oxygen atoms in total. The van der Waals surface area contributed by atoms with E-state index in [1.807, 2.05) is 18.2 Å². The van der Waals surface area contributed by atoms with Gasteiger partial charge in [0.2, 0.25) is 0 Å². The number of ketones is 1. The Bertz CT molecular complexity index is 1100. The van der Waals surface area contributed by atoms with Gasteiger partial charge in [0.25, 0.3) is 0 Å². The van der Waals surface area contributed by atoms with Gasteiger partial charge in [-0.05, 0) is 49.1 Å². The summed E-state index contributed by atoms with van der Waals surface area (Å²) in [7, 11) is 0. The fourth-order valence-corrected chi connectivity index (χ4v) is 5.51. The van der Waals surface area contributed by atoms with Gasteiger partial charge in [0.1, 0.15) is 6.07 Å². The van der Waals surface area contributed by atoms with E-state index < -0.39 is 0 Å². The molecule has 0 N–H and O–H groups in total. The van der Waals surface area contributed by atoms with Crippen LogP contribution in [0, 0.1) is 11.3 Å². The van der Waals surface area contributed by atoms with Gasteiger partial charge in [-0.2, -0.15) is 10.2 Å². The molecular weight excluding hydrogens is 380 g/mol. The smallest absolute Gasteiger partial charge is 0.188 e. The fraction of sp³-hybridized carbons (Fsp3) is 0.391. The maximum Gasteiger partial charge on any atom is 0.188 e. The van der Waals surface area contributed by atoms with Crippen molar-refractivity contribution >= 4 is 32.6 Å². The van der Waals surface area contributed by atoms with Crippen LogP contribution < -0.4 is 4.90 Å². The lowest BCUT2D eigenvalue weighted by molar-refractivity contribution is -0.120. The van der Waals surface area contributed by atoms with Crippen molar-refractivity contribution in [1.29, 1.82) is 5.26 Å². The van der Waals surface area contributed by atoms with Gasteiger partial charge in [-0.15, -0.1) is 0 Å². The Balaban J connectivity index is 1.39. The van der Waals surface area contributed by atoms with Gasteiger partial charge in [-0.1, -0.05) is 41.7 Å². The second-order valence-corrected chi connectivity index (χ2v) is 8.90. The second-order valence-electron chi connectivity index (χ2n) is 7.92. The molecule has 2 aliphatic rings. The number of aryl methyl sites for hydroxylation is 1. The number of nitrogens with zero attached hydrogens (tertiary/aromatic N) is 4. The number of Topliss-reactive ketones (excluding diaryl/α,β-unsaturated/α-hetero) is 1. The zero-order valence-corrected chi connectivity index (χ0v) is 17.0. The number of carbonyl (C=O) groups excluding carboxylic acids is 1. The molecule has 3 aromatic rings. The first-order valence-corrected chi connectivity index (χ1v) is 11.1. The van der Waals surface area contributed by atoms with Crippen molar-refractivity contribution in [2.75, 3.05) is 11.4 Å². The van der Waals surface area contributed by atoms with Crippen molar-refractivity contribution in [3.8, 4) is 6.07 Å². The number of rotatable bonds is 6. The largest absolute Gasteiger partial charge is 0.338 e. The first-order chi connectivity index (χ1) is 14.2. The summed E-state index contributed by atoms with van der Waals surface area (Å²) in [6.45, 7) is 0.853. The van der Waals surface area contributed by atoms with E-state index in [1.54, 1.807) is 17.5 Å². The summed E-state index contributed by atoms with van der Waals surface area (Å²) < 4.78 is 1.03. The molecule has 1 saturated heterocycles. The van der Waals surface area contributed by atoms with E-state index in [2.05, 4.69) is 28.1 Å². The lowest BCUT2D eigenvalue weighted by atomic mass is 10.0. The molecule has 146 valence electrons. The molecule has 0 radical (unpaired) electrons. The average molecular weight is 403 g/mol. The first-order valence-electron chi connectivity index (χ1n) is 10.3. The summed E-state index contributed by atoms with van der Waals surface area (Å²) >= 11 is 1.60. The van der Waals surface area contributed by atoms with E-state index in [1.165, 1.54) is 5.56 Å². The molecule has 5 rings (SSSR count). The van der Waals surface area contributed by atoms with Gasteiger partial charge in [0.05, 0.1) is 16.3 Å². The predicted molar refractivity (Wildman–Crippen MR) is 114 cm³/mol. The Morgan fingerprint density at radius 1 is 1.24 bits per heavy atom. The highest BCUT2D eigenvalue weighted by atomic mass is 32.1. The van der Waals surface area contributed by atoms with Gasteiger partial charge in [-0.3, -0.25) is 4.79 Å². The number of benzene rings is 1. The number of thiazole rings is 1. The van der Waals surface area contributed by atoms with Crippen LogP contribution >= 0.6 is 11.3 Å². The summed E-state index contributed by atoms with van der Waals surface area (Å²) in [5, 5.41) is 10.4. The normalized spacial score (nSPS) is 18.9. The van der Waals surface area contributed by atoms with E-state index in [-0.39, 0.29) is 6.04 Å². The van der Waals surface area contributed by atoms with Crippen molar-refractivity contribution in [1.82, 2.24) is 9.97 Å². The fourth-order valence-electron chi connectivity index (χ4n) is 4.28. The molecule has 0 bridgehead atoms. The number of aromatic nitrogens is 2. The van der Waals surface area contributed by atoms with Gasteiger partial charge < -0.3 is 4.90 Å². The molecule has 0 unspecified atom stereocenters. The minimum atomic E-state index is -0.0981. The van der Waals surface area contributed by atoms with Crippen LogP contribution in [0.1, 0.15) is 54.7 Å². The predicted octanol–water partition coefficient (Wildman–Crippen LogP) is 4.61. The van der Waals surface area contributed by atoms with E-state index in [9.17, 15) is 10.1 Å². The molecule has 2 aromatic heterocycles. The molecule has 6 heteroatoms. The van der Waals surface area contributed by atoms with Crippen LogP contribution in [0.5, 0.6) is 0 Å². The molecule has 0 spiro atoms. The lowest BCUT2D eigenvalue weighted by Crippen LogP contribution is -2.36. The highest BCUT2D eigenvalue weighted by molar-refractivity contribution is 7.22. The highest BCUT2D eigenvalue weighted by Gasteiger charge is 2.34. The highest BCUT2D eigenvalue weighted by Crippen LogP contribution is 2.47. The van der Waals surface area contributed by atoms with Gasteiger partial charge in [0.15, 0.2) is 16.6 Å². The summed E-state index contributed by atoms with van der Waals surface area (Å²) in [5.74, 6) is 0.754. The number of nitriles is 1. The van der Waals surface area contributed by atoms with Gasteiger partial charge >= 0.3 is 0 Å². The maximum absolute atomic E-state index is 13.0. The Kier molecular flexibility index (Phi) is 4.76. The van der Waals surface area contributed by atoms with E-state index >= 15 is 0 Å². The van der Waals surface area contributed by atoms with Crippen molar-refractivity contribution < 1.29 is 4.79 Å². The van der Waals surface area contributed by atoms with Crippen LogP contribution in [-0.4, -0.2) is 28.3 Å².